The van der Waals surface area contributed by atoms with Crippen molar-refractivity contribution < 1.29 is 4.39 Å². The van der Waals surface area contributed by atoms with E-state index in [1.165, 1.54) is 19.4 Å². The zero-order valence-corrected chi connectivity index (χ0v) is 13.7. The van der Waals surface area contributed by atoms with Crippen molar-refractivity contribution in [3.63, 3.8) is 0 Å². The summed E-state index contributed by atoms with van der Waals surface area (Å²) in [5, 5.41) is 0. The SMILES string of the molecule is CC(C)C1CN2CCCC2CN1c1ccc(Br)cc1F. The maximum atomic E-state index is 14.3. The molecule has 1 aromatic rings. The molecule has 2 aliphatic heterocycles. The van der Waals surface area contributed by atoms with Gasteiger partial charge in [-0.3, -0.25) is 4.90 Å². The Kier molecular flexibility index (Phi) is 4.04. The third kappa shape index (κ3) is 2.60. The number of halogens is 2. The predicted molar refractivity (Wildman–Crippen MR) is 84.7 cm³/mol. The molecule has 2 unspecified atom stereocenters. The quantitative estimate of drug-likeness (QED) is 0.805. The topological polar surface area (TPSA) is 6.48 Å². The molecule has 2 heterocycles. The molecule has 2 saturated heterocycles. The van der Waals surface area contributed by atoms with E-state index in [4.69, 9.17) is 0 Å². The molecule has 2 nitrogen and oxygen atoms in total. The van der Waals surface area contributed by atoms with Crippen LogP contribution in [0.3, 0.4) is 0 Å². The van der Waals surface area contributed by atoms with Gasteiger partial charge in [0.05, 0.1) is 5.69 Å². The Labute approximate surface area is 129 Å². The molecule has 0 amide bonds. The van der Waals surface area contributed by atoms with Crippen molar-refractivity contribution in [2.45, 2.75) is 38.8 Å². The first-order chi connectivity index (χ1) is 9.56. The van der Waals surface area contributed by atoms with E-state index in [0.717, 1.165) is 23.2 Å². The molecule has 0 aromatic heterocycles. The minimum absolute atomic E-state index is 0.114. The molecule has 0 spiro atoms. The van der Waals surface area contributed by atoms with Gasteiger partial charge in [-0.25, -0.2) is 4.39 Å². The van der Waals surface area contributed by atoms with Crippen LogP contribution in [0.25, 0.3) is 0 Å². The Morgan fingerprint density at radius 3 is 2.80 bits per heavy atom. The van der Waals surface area contributed by atoms with Crippen LogP contribution in [0, 0.1) is 11.7 Å². The highest BCUT2D eigenvalue weighted by molar-refractivity contribution is 9.10. The molecule has 20 heavy (non-hydrogen) atoms. The van der Waals surface area contributed by atoms with E-state index in [2.05, 4.69) is 39.6 Å². The van der Waals surface area contributed by atoms with Gasteiger partial charge in [-0.05, 0) is 43.5 Å². The van der Waals surface area contributed by atoms with E-state index >= 15 is 0 Å². The van der Waals surface area contributed by atoms with Crippen LogP contribution in [-0.2, 0) is 0 Å². The average Bonchev–Trinajstić information content (AvgIpc) is 2.84. The number of anilines is 1. The third-order valence-electron chi connectivity index (χ3n) is 4.72. The summed E-state index contributed by atoms with van der Waals surface area (Å²) in [5.41, 5.74) is 0.762. The van der Waals surface area contributed by atoms with Gasteiger partial charge in [-0.2, -0.15) is 0 Å². The standard InChI is InChI=1S/C16H22BrFN2/c1-11(2)16-10-19-7-3-4-13(19)9-20(16)15-6-5-12(17)8-14(15)18/h5-6,8,11,13,16H,3-4,7,9-10H2,1-2H3. The number of rotatable bonds is 2. The summed E-state index contributed by atoms with van der Waals surface area (Å²) < 4.78 is 15.1. The molecule has 1 aromatic carbocycles. The summed E-state index contributed by atoms with van der Waals surface area (Å²) in [4.78, 5) is 4.90. The first-order valence-electron chi connectivity index (χ1n) is 7.52. The molecule has 110 valence electrons. The van der Waals surface area contributed by atoms with Crippen molar-refractivity contribution in [1.82, 2.24) is 4.90 Å². The molecule has 2 fully saturated rings. The Balaban J connectivity index is 1.91. The lowest BCUT2D eigenvalue weighted by Gasteiger charge is -2.46. The van der Waals surface area contributed by atoms with Gasteiger partial charge >= 0.3 is 0 Å². The summed E-state index contributed by atoms with van der Waals surface area (Å²) in [6.45, 7) is 7.72. The highest BCUT2D eigenvalue weighted by Gasteiger charge is 2.38. The lowest BCUT2D eigenvalue weighted by molar-refractivity contribution is 0.176. The van der Waals surface area contributed by atoms with Crippen molar-refractivity contribution in [3.05, 3.63) is 28.5 Å². The molecular formula is C16H22BrFN2. The second-order valence-corrected chi connectivity index (χ2v) is 7.27. The summed E-state index contributed by atoms with van der Waals surface area (Å²) in [7, 11) is 0. The molecule has 0 bridgehead atoms. The number of piperazine rings is 1. The van der Waals surface area contributed by atoms with Crippen molar-refractivity contribution in [3.8, 4) is 0 Å². The normalized spacial score (nSPS) is 27.1. The zero-order valence-electron chi connectivity index (χ0n) is 12.1. The minimum Gasteiger partial charge on any atom is -0.363 e. The van der Waals surface area contributed by atoms with E-state index in [9.17, 15) is 4.39 Å². The zero-order chi connectivity index (χ0) is 14.3. The molecule has 2 atom stereocenters. The highest BCUT2D eigenvalue weighted by atomic mass is 79.9. The van der Waals surface area contributed by atoms with Crippen molar-refractivity contribution in [1.29, 1.82) is 0 Å². The second kappa shape index (κ2) is 5.64. The largest absolute Gasteiger partial charge is 0.363 e. The fourth-order valence-corrected chi connectivity index (χ4v) is 3.94. The molecule has 0 radical (unpaired) electrons. The van der Waals surface area contributed by atoms with E-state index in [-0.39, 0.29) is 5.82 Å². The van der Waals surface area contributed by atoms with Crippen molar-refractivity contribution in [2.75, 3.05) is 24.5 Å². The van der Waals surface area contributed by atoms with Crippen LogP contribution in [0.5, 0.6) is 0 Å². The molecule has 3 rings (SSSR count). The highest BCUT2D eigenvalue weighted by Crippen LogP contribution is 2.33. The van der Waals surface area contributed by atoms with Gasteiger partial charge < -0.3 is 4.90 Å². The lowest BCUT2D eigenvalue weighted by Crippen LogP contribution is -2.58. The van der Waals surface area contributed by atoms with Gasteiger partial charge in [0, 0.05) is 29.6 Å². The van der Waals surface area contributed by atoms with E-state index in [1.807, 2.05) is 12.1 Å². The Bertz CT molecular complexity index is 491. The minimum atomic E-state index is -0.114. The first kappa shape index (κ1) is 14.3. The van der Waals surface area contributed by atoms with Crippen LogP contribution in [-0.4, -0.2) is 36.6 Å². The van der Waals surface area contributed by atoms with Crippen LogP contribution in [0.4, 0.5) is 10.1 Å². The van der Waals surface area contributed by atoms with Crippen LogP contribution < -0.4 is 4.90 Å². The Morgan fingerprint density at radius 2 is 2.10 bits per heavy atom. The molecule has 0 aliphatic carbocycles. The molecule has 0 saturated carbocycles. The van der Waals surface area contributed by atoms with Gasteiger partial charge in [0.15, 0.2) is 0 Å². The van der Waals surface area contributed by atoms with Gasteiger partial charge in [0.2, 0.25) is 0 Å². The van der Waals surface area contributed by atoms with E-state index < -0.39 is 0 Å². The van der Waals surface area contributed by atoms with Gasteiger partial charge in [-0.1, -0.05) is 29.8 Å². The number of nitrogens with zero attached hydrogens (tertiary/aromatic N) is 2. The van der Waals surface area contributed by atoms with E-state index in [1.54, 1.807) is 6.07 Å². The third-order valence-corrected chi connectivity index (χ3v) is 5.21. The number of hydrogen-bond donors (Lipinski definition) is 0. The fourth-order valence-electron chi connectivity index (χ4n) is 3.61. The summed E-state index contributed by atoms with van der Waals surface area (Å²) in [6.07, 6.45) is 2.53. The van der Waals surface area contributed by atoms with Gasteiger partial charge in [0.1, 0.15) is 5.82 Å². The molecule has 0 N–H and O–H groups in total. The van der Waals surface area contributed by atoms with Crippen molar-refractivity contribution in [2.24, 2.45) is 5.92 Å². The number of hydrogen-bond acceptors (Lipinski definition) is 2. The van der Waals surface area contributed by atoms with E-state index in [0.29, 0.717) is 18.0 Å². The summed E-state index contributed by atoms with van der Waals surface area (Å²) in [6, 6.07) is 6.44. The molecule has 2 aliphatic rings. The Hall–Kier alpha value is -0.610. The Morgan fingerprint density at radius 1 is 1.30 bits per heavy atom. The number of fused-ring (bicyclic) bond motifs is 1. The van der Waals surface area contributed by atoms with Gasteiger partial charge in [-0.15, -0.1) is 0 Å². The molecule has 4 heteroatoms. The molecular weight excluding hydrogens is 319 g/mol. The van der Waals surface area contributed by atoms with Crippen LogP contribution in [0.15, 0.2) is 22.7 Å². The first-order valence-corrected chi connectivity index (χ1v) is 8.31. The lowest BCUT2D eigenvalue weighted by atomic mass is 9.96. The monoisotopic (exact) mass is 340 g/mol. The number of benzene rings is 1. The van der Waals surface area contributed by atoms with Gasteiger partial charge in [0.25, 0.3) is 0 Å². The fraction of sp³-hybridized carbons (Fsp3) is 0.625. The van der Waals surface area contributed by atoms with Crippen LogP contribution in [0.1, 0.15) is 26.7 Å². The smallest absolute Gasteiger partial charge is 0.147 e. The van der Waals surface area contributed by atoms with Crippen molar-refractivity contribution >= 4 is 21.6 Å². The predicted octanol–water partition coefficient (Wildman–Crippen LogP) is 3.90. The van der Waals surface area contributed by atoms with Crippen LogP contribution in [0.2, 0.25) is 0 Å². The second-order valence-electron chi connectivity index (χ2n) is 6.35. The van der Waals surface area contributed by atoms with Crippen LogP contribution >= 0.6 is 15.9 Å². The summed E-state index contributed by atoms with van der Waals surface area (Å²) >= 11 is 3.34. The maximum absolute atomic E-state index is 14.3. The summed E-state index contributed by atoms with van der Waals surface area (Å²) in [5.74, 6) is 0.413. The average molecular weight is 341 g/mol. The maximum Gasteiger partial charge on any atom is 0.147 e.